The highest BCUT2D eigenvalue weighted by Crippen LogP contribution is 2.38. The van der Waals surface area contributed by atoms with Gasteiger partial charge in [-0.3, -0.25) is 4.98 Å². The molecule has 2 heterocycles. The van der Waals surface area contributed by atoms with Crippen LogP contribution in [0, 0.1) is 5.82 Å². The lowest BCUT2D eigenvalue weighted by Crippen LogP contribution is -2.40. The Kier molecular flexibility index (Phi) is 4.59. The molecule has 0 bridgehead atoms. The van der Waals surface area contributed by atoms with E-state index in [1.54, 1.807) is 18.5 Å². The Morgan fingerprint density at radius 2 is 1.88 bits per heavy atom. The predicted octanol–water partition coefficient (Wildman–Crippen LogP) is 5.41. The molecule has 134 valence electrons. The van der Waals surface area contributed by atoms with Gasteiger partial charge in [0.05, 0.1) is 12.2 Å². The van der Waals surface area contributed by atoms with Crippen LogP contribution in [0.3, 0.4) is 0 Å². The highest BCUT2D eigenvalue weighted by atomic mass is 28.4. The maximum atomic E-state index is 14.8. The molecule has 1 aromatic heterocycles. The molecule has 0 unspecified atom stereocenters. The molecule has 3 rings (SSSR count). The van der Waals surface area contributed by atoms with Crippen LogP contribution in [0.1, 0.15) is 38.2 Å². The molecule has 0 atom stereocenters. The average Bonchev–Trinajstić information content (AvgIpc) is 3.05. The van der Waals surface area contributed by atoms with Crippen molar-refractivity contribution >= 4 is 19.1 Å². The smallest absolute Gasteiger partial charge is 0.269 e. The molecule has 6 heteroatoms. The topological polar surface area (TPSA) is 40.6 Å². The van der Waals surface area contributed by atoms with Crippen molar-refractivity contribution in [3.05, 3.63) is 54.0 Å². The standard InChI is InChI=1S/C19H24FNO3Si/c1-19(2,3)25(4,5)24-12-13-10-16(20)17(18-22-8-9-23-18)14-6-7-21-11-15(13)14/h6-11,18H,12H2,1-5H3. The average molecular weight is 361 g/mol. The fourth-order valence-corrected chi connectivity index (χ4v) is 3.48. The summed E-state index contributed by atoms with van der Waals surface area (Å²) in [6, 6.07) is 3.30. The van der Waals surface area contributed by atoms with E-state index in [4.69, 9.17) is 13.9 Å². The zero-order valence-electron chi connectivity index (χ0n) is 15.3. The second kappa shape index (κ2) is 6.42. The summed E-state index contributed by atoms with van der Waals surface area (Å²) in [6.07, 6.45) is 5.47. The molecule has 0 radical (unpaired) electrons. The molecule has 0 amide bonds. The summed E-state index contributed by atoms with van der Waals surface area (Å²) >= 11 is 0. The van der Waals surface area contributed by atoms with Crippen LogP contribution < -0.4 is 0 Å². The SMILES string of the molecule is CC(C)(C)[Si](C)(C)OCc1cc(F)c(C2OC=CO2)c2ccncc12. The normalized spacial score (nSPS) is 15.4. The Morgan fingerprint density at radius 3 is 2.52 bits per heavy atom. The quantitative estimate of drug-likeness (QED) is 0.683. The molecular formula is C19H24FNO3Si. The van der Waals surface area contributed by atoms with E-state index in [1.807, 2.05) is 0 Å². The summed E-state index contributed by atoms with van der Waals surface area (Å²) in [5.41, 5.74) is 1.18. The van der Waals surface area contributed by atoms with Gasteiger partial charge in [0.25, 0.3) is 6.29 Å². The zero-order chi connectivity index (χ0) is 18.2. The molecule has 25 heavy (non-hydrogen) atoms. The lowest BCUT2D eigenvalue weighted by molar-refractivity contribution is -0.0259. The van der Waals surface area contributed by atoms with Gasteiger partial charge >= 0.3 is 0 Å². The number of pyridine rings is 1. The van der Waals surface area contributed by atoms with E-state index in [9.17, 15) is 4.39 Å². The lowest BCUT2D eigenvalue weighted by atomic mass is 10.0. The minimum atomic E-state index is -1.93. The molecule has 0 saturated heterocycles. The van der Waals surface area contributed by atoms with E-state index in [0.29, 0.717) is 12.2 Å². The number of halogens is 1. The monoisotopic (exact) mass is 361 g/mol. The van der Waals surface area contributed by atoms with Crippen LogP contribution in [0.15, 0.2) is 37.1 Å². The Balaban J connectivity index is 1.99. The number of rotatable bonds is 4. The number of hydrogen-bond acceptors (Lipinski definition) is 4. The summed E-state index contributed by atoms with van der Waals surface area (Å²) in [7, 11) is -1.93. The lowest BCUT2D eigenvalue weighted by Gasteiger charge is -2.36. The van der Waals surface area contributed by atoms with Crippen LogP contribution in [-0.4, -0.2) is 13.3 Å². The Labute approximate surface area is 148 Å². The van der Waals surface area contributed by atoms with Crippen LogP contribution in [0.4, 0.5) is 4.39 Å². The second-order valence-corrected chi connectivity index (χ2v) is 12.6. The fraction of sp³-hybridized carbons (Fsp3) is 0.421. The van der Waals surface area contributed by atoms with E-state index in [-0.39, 0.29) is 10.9 Å². The van der Waals surface area contributed by atoms with Crippen molar-refractivity contribution in [2.45, 2.75) is 51.8 Å². The van der Waals surface area contributed by atoms with Crippen molar-refractivity contribution in [2.24, 2.45) is 0 Å². The van der Waals surface area contributed by atoms with E-state index in [2.05, 4.69) is 38.8 Å². The predicted molar refractivity (Wildman–Crippen MR) is 97.7 cm³/mol. The maximum Gasteiger partial charge on any atom is 0.269 e. The summed E-state index contributed by atoms with van der Waals surface area (Å²) < 4.78 is 31.8. The van der Waals surface area contributed by atoms with Crippen molar-refractivity contribution in [1.29, 1.82) is 0 Å². The van der Waals surface area contributed by atoms with Crippen molar-refractivity contribution in [3.8, 4) is 0 Å². The number of fused-ring (bicyclic) bond motifs is 1. The Morgan fingerprint density at radius 1 is 1.20 bits per heavy atom. The van der Waals surface area contributed by atoms with Crippen LogP contribution in [0.25, 0.3) is 10.8 Å². The number of aromatic nitrogens is 1. The summed E-state index contributed by atoms with van der Waals surface area (Å²) in [4.78, 5) is 4.20. The maximum absolute atomic E-state index is 14.8. The highest BCUT2D eigenvalue weighted by Gasteiger charge is 2.37. The van der Waals surface area contributed by atoms with Crippen molar-refractivity contribution < 1.29 is 18.3 Å². The highest BCUT2D eigenvalue weighted by molar-refractivity contribution is 6.74. The Bertz CT molecular complexity index is 806. The van der Waals surface area contributed by atoms with E-state index < -0.39 is 14.6 Å². The molecule has 0 saturated carbocycles. The molecule has 0 fully saturated rings. The molecule has 0 N–H and O–H groups in total. The minimum absolute atomic E-state index is 0.0940. The minimum Gasteiger partial charge on any atom is -0.455 e. The van der Waals surface area contributed by atoms with Gasteiger partial charge in [0.2, 0.25) is 0 Å². The van der Waals surface area contributed by atoms with Gasteiger partial charge in [0, 0.05) is 17.8 Å². The molecule has 0 aliphatic carbocycles. The molecule has 4 nitrogen and oxygen atoms in total. The first-order chi connectivity index (χ1) is 11.7. The summed E-state index contributed by atoms with van der Waals surface area (Å²) in [5, 5.41) is 1.69. The van der Waals surface area contributed by atoms with Crippen molar-refractivity contribution in [2.75, 3.05) is 0 Å². The first-order valence-electron chi connectivity index (χ1n) is 8.35. The number of nitrogens with zero attached hydrogens (tertiary/aromatic N) is 1. The van der Waals surface area contributed by atoms with Gasteiger partial charge in [-0.25, -0.2) is 4.39 Å². The van der Waals surface area contributed by atoms with Crippen molar-refractivity contribution in [3.63, 3.8) is 0 Å². The first-order valence-corrected chi connectivity index (χ1v) is 11.3. The van der Waals surface area contributed by atoms with Gasteiger partial charge in [-0.15, -0.1) is 0 Å². The van der Waals surface area contributed by atoms with Gasteiger partial charge in [-0.2, -0.15) is 0 Å². The van der Waals surface area contributed by atoms with Crippen LogP contribution in [-0.2, 0) is 20.5 Å². The molecular weight excluding hydrogens is 337 g/mol. The van der Waals surface area contributed by atoms with Crippen molar-refractivity contribution in [1.82, 2.24) is 4.98 Å². The largest absolute Gasteiger partial charge is 0.455 e. The van der Waals surface area contributed by atoms with Gasteiger partial charge in [0.15, 0.2) is 8.32 Å². The van der Waals surface area contributed by atoms with Crippen LogP contribution >= 0.6 is 0 Å². The first kappa shape index (κ1) is 17.9. The number of benzene rings is 1. The molecule has 1 aromatic carbocycles. The van der Waals surface area contributed by atoms with Crippen LogP contribution in [0.5, 0.6) is 0 Å². The fourth-order valence-electron chi connectivity index (χ4n) is 2.53. The van der Waals surface area contributed by atoms with Gasteiger partial charge < -0.3 is 13.9 Å². The molecule has 0 spiro atoms. The van der Waals surface area contributed by atoms with E-state index in [0.717, 1.165) is 16.3 Å². The summed E-state index contributed by atoms with van der Waals surface area (Å²) in [6.45, 7) is 11.3. The third-order valence-electron chi connectivity index (χ3n) is 5.11. The summed E-state index contributed by atoms with van der Waals surface area (Å²) in [5.74, 6) is -0.360. The van der Waals surface area contributed by atoms with Gasteiger partial charge in [0.1, 0.15) is 18.3 Å². The second-order valence-electron chi connectivity index (χ2n) is 7.78. The molecule has 1 aliphatic rings. The zero-order valence-corrected chi connectivity index (χ0v) is 16.3. The van der Waals surface area contributed by atoms with Crippen LogP contribution in [0.2, 0.25) is 18.1 Å². The van der Waals surface area contributed by atoms with Gasteiger partial charge in [-0.1, -0.05) is 20.8 Å². The molecule has 1 aliphatic heterocycles. The third-order valence-corrected chi connectivity index (χ3v) is 9.58. The van der Waals surface area contributed by atoms with E-state index in [1.165, 1.54) is 18.6 Å². The number of ether oxygens (including phenoxy) is 2. The molecule has 2 aromatic rings. The van der Waals surface area contributed by atoms with Gasteiger partial charge in [-0.05, 0) is 41.2 Å². The third kappa shape index (κ3) is 3.41. The number of hydrogen-bond donors (Lipinski definition) is 0. The Hall–Kier alpha value is -1.92. The van der Waals surface area contributed by atoms with E-state index >= 15 is 0 Å².